The van der Waals surface area contributed by atoms with Gasteiger partial charge in [-0.25, -0.2) is 0 Å². The lowest BCUT2D eigenvalue weighted by atomic mass is 9.78. The Morgan fingerprint density at radius 3 is 1.78 bits per heavy atom. The summed E-state index contributed by atoms with van der Waals surface area (Å²) in [5, 5.41) is 11.4. The van der Waals surface area contributed by atoms with Crippen molar-refractivity contribution >= 4 is 16.7 Å². The molecule has 3 aromatic carbocycles. The zero-order valence-electron chi connectivity index (χ0n) is 20.2. The summed E-state index contributed by atoms with van der Waals surface area (Å²) in [4.78, 5) is 0. The Bertz CT molecular complexity index is 1180. The molecule has 164 valence electrons. The van der Waals surface area contributed by atoms with Crippen molar-refractivity contribution < 1.29 is 5.11 Å². The molecule has 1 aliphatic carbocycles. The normalized spacial score (nSPS) is 14.6. The average molecular weight is 423 g/mol. The van der Waals surface area contributed by atoms with Crippen LogP contribution in [0.15, 0.2) is 78.9 Å². The zero-order valence-corrected chi connectivity index (χ0v) is 20.2. The first-order valence-corrected chi connectivity index (χ1v) is 11.5. The number of rotatable bonds is 3. The van der Waals surface area contributed by atoms with Crippen LogP contribution >= 0.6 is 0 Å². The lowest BCUT2D eigenvalue weighted by molar-refractivity contribution is 0.443. The maximum Gasteiger partial charge on any atom is 0.126 e. The molecule has 0 bridgehead atoms. The standard InChI is InChI=1S/C31H34O/c1-30(2,3)24-19-27(29(32)28(20-24)31(4,5)6)23-17-25(21-13-9-7-10-14-21)26(18-23)22-15-11-8-12-16-22/h7-17,19-20,32H,18H2,1-6H3. The van der Waals surface area contributed by atoms with Crippen LogP contribution in [0.5, 0.6) is 5.75 Å². The molecule has 0 atom stereocenters. The summed E-state index contributed by atoms with van der Waals surface area (Å²) in [6.07, 6.45) is 3.09. The van der Waals surface area contributed by atoms with Crippen LogP contribution in [0.3, 0.4) is 0 Å². The van der Waals surface area contributed by atoms with E-state index < -0.39 is 0 Å². The number of hydrogen-bond donors (Lipinski definition) is 1. The third-order valence-electron chi connectivity index (χ3n) is 6.35. The molecular formula is C31H34O. The molecule has 0 fully saturated rings. The van der Waals surface area contributed by atoms with Crippen molar-refractivity contribution in [3.8, 4) is 5.75 Å². The third-order valence-corrected chi connectivity index (χ3v) is 6.35. The second-order valence-corrected chi connectivity index (χ2v) is 10.9. The van der Waals surface area contributed by atoms with E-state index in [-0.39, 0.29) is 10.8 Å². The summed E-state index contributed by atoms with van der Waals surface area (Å²) in [7, 11) is 0. The van der Waals surface area contributed by atoms with Crippen molar-refractivity contribution in [2.75, 3.05) is 0 Å². The monoisotopic (exact) mass is 422 g/mol. The molecular weight excluding hydrogens is 388 g/mol. The van der Waals surface area contributed by atoms with Crippen molar-refractivity contribution in [2.24, 2.45) is 0 Å². The molecule has 3 aromatic rings. The summed E-state index contributed by atoms with van der Waals surface area (Å²) >= 11 is 0. The van der Waals surface area contributed by atoms with Gasteiger partial charge in [-0.3, -0.25) is 0 Å². The minimum absolute atomic E-state index is 0.000434. The number of allylic oxidation sites excluding steroid dienone is 4. The highest BCUT2D eigenvalue weighted by molar-refractivity contribution is 6.07. The van der Waals surface area contributed by atoms with Gasteiger partial charge in [0.1, 0.15) is 5.75 Å². The van der Waals surface area contributed by atoms with Crippen LogP contribution in [0.2, 0.25) is 0 Å². The Labute approximate surface area is 193 Å². The van der Waals surface area contributed by atoms with Gasteiger partial charge in [-0.15, -0.1) is 0 Å². The second-order valence-electron chi connectivity index (χ2n) is 10.9. The van der Waals surface area contributed by atoms with E-state index in [9.17, 15) is 5.11 Å². The number of hydrogen-bond acceptors (Lipinski definition) is 1. The molecule has 1 nitrogen and oxygen atoms in total. The molecule has 0 amide bonds. The van der Waals surface area contributed by atoms with Crippen molar-refractivity contribution in [2.45, 2.75) is 58.8 Å². The molecule has 32 heavy (non-hydrogen) atoms. The van der Waals surface area contributed by atoms with Crippen LogP contribution in [0.25, 0.3) is 16.7 Å². The molecule has 0 saturated carbocycles. The van der Waals surface area contributed by atoms with E-state index >= 15 is 0 Å². The Balaban J connectivity index is 1.90. The minimum Gasteiger partial charge on any atom is -0.507 e. The lowest BCUT2D eigenvalue weighted by Gasteiger charge is -2.28. The summed E-state index contributed by atoms with van der Waals surface area (Å²) in [5.74, 6) is 0.415. The van der Waals surface area contributed by atoms with Gasteiger partial charge >= 0.3 is 0 Å². The van der Waals surface area contributed by atoms with Crippen molar-refractivity contribution in [1.29, 1.82) is 0 Å². The highest BCUT2D eigenvalue weighted by Crippen LogP contribution is 2.47. The second kappa shape index (κ2) is 8.13. The molecule has 1 heteroatoms. The van der Waals surface area contributed by atoms with Crippen molar-refractivity contribution in [3.63, 3.8) is 0 Å². The molecule has 0 spiro atoms. The first-order chi connectivity index (χ1) is 15.1. The predicted molar refractivity (Wildman–Crippen MR) is 138 cm³/mol. The van der Waals surface area contributed by atoms with Gasteiger partial charge in [0.05, 0.1) is 0 Å². The van der Waals surface area contributed by atoms with E-state index in [0.717, 1.165) is 17.5 Å². The molecule has 0 aromatic heterocycles. The first-order valence-electron chi connectivity index (χ1n) is 11.5. The number of phenols is 1. The smallest absolute Gasteiger partial charge is 0.126 e. The van der Waals surface area contributed by atoms with Crippen LogP contribution in [0, 0.1) is 0 Å². The molecule has 0 unspecified atom stereocenters. The van der Waals surface area contributed by atoms with Gasteiger partial charge in [0.15, 0.2) is 0 Å². The minimum atomic E-state index is -0.142. The van der Waals surface area contributed by atoms with E-state index in [1.807, 2.05) is 0 Å². The lowest BCUT2D eigenvalue weighted by Crippen LogP contribution is -2.17. The van der Waals surface area contributed by atoms with Gasteiger partial charge in [0, 0.05) is 11.1 Å². The molecule has 0 heterocycles. The van der Waals surface area contributed by atoms with Gasteiger partial charge in [-0.2, -0.15) is 0 Å². The summed E-state index contributed by atoms with van der Waals surface area (Å²) < 4.78 is 0. The summed E-state index contributed by atoms with van der Waals surface area (Å²) in [6, 6.07) is 25.6. The van der Waals surface area contributed by atoms with Gasteiger partial charge in [0.25, 0.3) is 0 Å². The Morgan fingerprint density at radius 2 is 1.25 bits per heavy atom. The van der Waals surface area contributed by atoms with Crippen LogP contribution in [0.4, 0.5) is 0 Å². The first kappa shape index (κ1) is 22.1. The largest absolute Gasteiger partial charge is 0.507 e. The van der Waals surface area contributed by atoms with E-state index in [1.54, 1.807) is 0 Å². The molecule has 0 radical (unpaired) electrons. The van der Waals surface area contributed by atoms with E-state index in [2.05, 4.69) is 120 Å². The van der Waals surface area contributed by atoms with Crippen molar-refractivity contribution in [3.05, 3.63) is 107 Å². The Morgan fingerprint density at radius 1 is 0.688 bits per heavy atom. The fourth-order valence-corrected chi connectivity index (χ4v) is 4.43. The molecule has 0 aliphatic heterocycles. The molecule has 0 saturated heterocycles. The van der Waals surface area contributed by atoms with E-state index in [4.69, 9.17) is 0 Å². The van der Waals surface area contributed by atoms with E-state index in [0.29, 0.717) is 5.75 Å². The SMILES string of the molecule is CC(C)(C)c1cc(C2=CC(c3ccccc3)=C(c3ccccc3)C2)c(O)c(C(C)(C)C)c1. The Hall–Kier alpha value is -3.06. The summed E-state index contributed by atoms with van der Waals surface area (Å²) in [5.41, 5.74) is 9.26. The summed E-state index contributed by atoms with van der Waals surface area (Å²) in [6.45, 7) is 13.2. The number of phenolic OH excluding ortho intramolecular Hbond substituents is 1. The fraction of sp³-hybridized carbons (Fsp3) is 0.290. The average Bonchev–Trinajstić information content (AvgIpc) is 3.19. The van der Waals surface area contributed by atoms with E-state index in [1.165, 1.54) is 33.4 Å². The maximum absolute atomic E-state index is 11.4. The quantitative estimate of drug-likeness (QED) is 0.449. The number of aromatic hydroxyl groups is 1. The maximum atomic E-state index is 11.4. The highest BCUT2D eigenvalue weighted by Gasteiger charge is 2.28. The predicted octanol–water partition coefficient (Wildman–Crippen LogP) is 8.39. The van der Waals surface area contributed by atoms with Gasteiger partial charge < -0.3 is 5.11 Å². The van der Waals surface area contributed by atoms with Crippen LogP contribution in [-0.2, 0) is 10.8 Å². The molecule has 4 rings (SSSR count). The fourth-order valence-electron chi connectivity index (χ4n) is 4.43. The van der Waals surface area contributed by atoms with Gasteiger partial charge in [0.2, 0.25) is 0 Å². The molecule has 1 aliphatic rings. The van der Waals surface area contributed by atoms with Gasteiger partial charge in [-0.05, 0) is 62.8 Å². The molecule has 1 N–H and O–H groups in total. The van der Waals surface area contributed by atoms with Crippen molar-refractivity contribution in [1.82, 2.24) is 0 Å². The van der Waals surface area contributed by atoms with Crippen LogP contribution in [-0.4, -0.2) is 5.11 Å². The number of benzene rings is 3. The van der Waals surface area contributed by atoms with Gasteiger partial charge in [-0.1, -0.05) is 108 Å². The Kier molecular flexibility index (Phi) is 5.63. The van der Waals surface area contributed by atoms with Crippen LogP contribution < -0.4 is 0 Å². The topological polar surface area (TPSA) is 20.2 Å². The highest BCUT2D eigenvalue weighted by atomic mass is 16.3. The van der Waals surface area contributed by atoms with Crippen LogP contribution in [0.1, 0.15) is 75.8 Å². The third kappa shape index (κ3) is 4.30. The zero-order chi connectivity index (χ0) is 23.1.